The maximum absolute atomic E-state index is 9.04. The van der Waals surface area contributed by atoms with Gasteiger partial charge in [-0.1, -0.05) is 23.8 Å². The average Bonchev–Trinajstić information content (AvgIpc) is 2.29. The molecule has 2 aromatic carbocycles. The Kier molecular flexibility index (Phi) is 5.28. The molecular formula is C14H15IO2. The van der Waals surface area contributed by atoms with Crippen molar-refractivity contribution in [1.29, 1.82) is 0 Å². The Labute approximate surface area is 115 Å². The lowest BCUT2D eigenvalue weighted by atomic mass is 10.2. The van der Waals surface area contributed by atoms with Crippen LogP contribution >= 0.6 is 22.6 Å². The summed E-state index contributed by atoms with van der Waals surface area (Å²) in [5.74, 6) is 0.691. The molecule has 0 amide bonds. The molecule has 2 rings (SSSR count). The summed E-state index contributed by atoms with van der Waals surface area (Å²) in [5, 5.41) is 17.8. The number of phenols is 2. The maximum Gasteiger partial charge on any atom is 0.128 e. The number of benzene rings is 2. The van der Waals surface area contributed by atoms with E-state index in [1.54, 1.807) is 18.2 Å². The van der Waals surface area contributed by atoms with E-state index in [0.29, 0.717) is 11.5 Å². The third-order valence-corrected chi connectivity index (χ3v) is 3.00. The zero-order chi connectivity index (χ0) is 12.8. The number of halogens is 1. The number of aryl methyl sites for hydroxylation is 2. The van der Waals surface area contributed by atoms with Crippen LogP contribution in [-0.2, 0) is 0 Å². The van der Waals surface area contributed by atoms with Gasteiger partial charge < -0.3 is 10.2 Å². The minimum absolute atomic E-state index is 0.329. The molecule has 0 saturated heterocycles. The quantitative estimate of drug-likeness (QED) is 0.712. The van der Waals surface area contributed by atoms with Crippen LogP contribution in [0.3, 0.4) is 0 Å². The topological polar surface area (TPSA) is 40.5 Å². The molecule has 3 heteroatoms. The molecule has 0 spiro atoms. The predicted octanol–water partition coefficient (Wildman–Crippen LogP) is 4.01. The lowest BCUT2D eigenvalue weighted by molar-refractivity contribution is 0.471. The van der Waals surface area contributed by atoms with E-state index in [0.717, 1.165) is 3.57 Å². The molecule has 0 radical (unpaired) electrons. The molecule has 90 valence electrons. The summed E-state index contributed by atoms with van der Waals surface area (Å²) in [7, 11) is 0. The largest absolute Gasteiger partial charge is 0.508 e. The number of rotatable bonds is 0. The Morgan fingerprint density at radius 2 is 1.35 bits per heavy atom. The molecule has 2 nitrogen and oxygen atoms in total. The van der Waals surface area contributed by atoms with Gasteiger partial charge in [-0.05, 0) is 66.3 Å². The van der Waals surface area contributed by atoms with Crippen LogP contribution in [0.15, 0.2) is 42.5 Å². The van der Waals surface area contributed by atoms with E-state index in [2.05, 4.69) is 22.6 Å². The van der Waals surface area contributed by atoms with Crippen LogP contribution in [0.2, 0.25) is 0 Å². The third-order valence-electron chi connectivity index (χ3n) is 2.14. The first-order chi connectivity index (χ1) is 7.99. The Bertz CT molecular complexity index is 457. The molecule has 0 aromatic heterocycles. The average molecular weight is 340 g/mol. The zero-order valence-corrected chi connectivity index (χ0v) is 12.0. The first-order valence-electron chi connectivity index (χ1n) is 5.20. The van der Waals surface area contributed by atoms with Gasteiger partial charge in [0.1, 0.15) is 11.5 Å². The molecule has 17 heavy (non-hydrogen) atoms. The second-order valence-corrected chi connectivity index (χ2v) is 4.95. The summed E-state index contributed by atoms with van der Waals surface area (Å²) >= 11 is 2.10. The summed E-state index contributed by atoms with van der Waals surface area (Å²) in [4.78, 5) is 0. The summed E-state index contributed by atoms with van der Waals surface area (Å²) in [6.07, 6.45) is 0. The highest BCUT2D eigenvalue weighted by atomic mass is 125. The normalized spacial score (nSPS) is 9.35. The molecule has 2 aromatic rings. The van der Waals surface area contributed by atoms with E-state index in [4.69, 9.17) is 10.2 Å². The van der Waals surface area contributed by atoms with Crippen molar-refractivity contribution in [3.63, 3.8) is 0 Å². The second kappa shape index (κ2) is 6.49. The highest BCUT2D eigenvalue weighted by molar-refractivity contribution is 14.1. The molecular weight excluding hydrogens is 325 g/mol. The van der Waals surface area contributed by atoms with Crippen molar-refractivity contribution in [2.45, 2.75) is 13.8 Å². The van der Waals surface area contributed by atoms with Crippen LogP contribution in [0.1, 0.15) is 11.1 Å². The number of hydrogen-bond acceptors (Lipinski definition) is 2. The molecule has 0 fully saturated rings. The number of aromatic hydroxyl groups is 2. The smallest absolute Gasteiger partial charge is 0.128 e. The van der Waals surface area contributed by atoms with Gasteiger partial charge in [-0.3, -0.25) is 0 Å². The molecule has 0 atom stereocenters. The van der Waals surface area contributed by atoms with Gasteiger partial charge in [0.05, 0.1) is 3.57 Å². The van der Waals surface area contributed by atoms with Gasteiger partial charge in [-0.25, -0.2) is 0 Å². The fourth-order valence-electron chi connectivity index (χ4n) is 1.16. The predicted molar refractivity (Wildman–Crippen MR) is 78.4 cm³/mol. The van der Waals surface area contributed by atoms with Crippen molar-refractivity contribution in [3.8, 4) is 11.5 Å². The van der Waals surface area contributed by atoms with E-state index in [-0.39, 0.29) is 0 Å². The summed E-state index contributed by atoms with van der Waals surface area (Å²) in [5.41, 5.74) is 2.35. The van der Waals surface area contributed by atoms with Crippen molar-refractivity contribution in [3.05, 3.63) is 57.2 Å². The van der Waals surface area contributed by atoms with Crippen LogP contribution in [0.5, 0.6) is 11.5 Å². The van der Waals surface area contributed by atoms with Gasteiger partial charge >= 0.3 is 0 Å². The van der Waals surface area contributed by atoms with E-state index < -0.39 is 0 Å². The Morgan fingerprint density at radius 1 is 0.824 bits per heavy atom. The van der Waals surface area contributed by atoms with Gasteiger partial charge in [0, 0.05) is 0 Å². The molecule has 0 saturated carbocycles. The SMILES string of the molecule is Cc1ccc(O)c([125I])c1.Cc1ccc(O)cc1. The van der Waals surface area contributed by atoms with Crippen molar-refractivity contribution in [2.24, 2.45) is 0 Å². The van der Waals surface area contributed by atoms with E-state index in [1.807, 2.05) is 38.1 Å². The number of phenolic OH excluding ortho intramolecular Hbond substituents is 2. The zero-order valence-electron chi connectivity index (χ0n) is 9.81. The molecule has 2 N–H and O–H groups in total. The van der Waals surface area contributed by atoms with Gasteiger partial charge in [0.25, 0.3) is 0 Å². The third kappa shape index (κ3) is 5.08. The van der Waals surface area contributed by atoms with Crippen LogP contribution in [-0.4, -0.2) is 10.2 Å². The minimum atomic E-state index is 0.329. The Hall–Kier alpha value is -1.23. The molecule has 0 bridgehead atoms. The fraction of sp³-hybridized carbons (Fsp3) is 0.143. The van der Waals surface area contributed by atoms with E-state index in [1.165, 1.54) is 11.1 Å². The van der Waals surface area contributed by atoms with Crippen molar-refractivity contribution in [1.82, 2.24) is 0 Å². The standard InChI is InChI=1S/C7H7IO.C7H8O/c1-5-2-3-7(9)6(8)4-5;1-6-2-4-7(8)5-3-6/h2-4,9H,1H3;2-5,8H,1H3/i8-2;. The van der Waals surface area contributed by atoms with Crippen molar-refractivity contribution in [2.75, 3.05) is 0 Å². The first kappa shape index (κ1) is 13.8. The van der Waals surface area contributed by atoms with Gasteiger partial charge in [0.2, 0.25) is 0 Å². The minimum Gasteiger partial charge on any atom is -0.508 e. The van der Waals surface area contributed by atoms with Crippen LogP contribution in [0.4, 0.5) is 0 Å². The lowest BCUT2D eigenvalue weighted by Crippen LogP contribution is -1.74. The summed E-state index contributed by atoms with van der Waals surface area (Å²) < 4.78 is 0.910. The first-order valence-corrected chi connectivity index (χ1v) is 6.27. The highest BCUT2D eigenvalue weighted by Gasteiger charge is 1.93. The molecule has 0 aliphatic heterocycles. The van der Waals surface area contributed by atoms with Gasteiger partial charge in [-0.15, -0.1) is 0 Å². The maximum atomic E-state index is 9.04. The van der Waals surface area contributed by atoms with E-state index >= 15 is 0 Å². The highest BCUT2D eigenvalue weighted by Crippen LogP contribution is 2.19. The molecule has 0 aliphatic rings. The molecule has 0 aliphatic carbocycles. The Morgan fingerprint density at radius 3 is 1.76 bits per heavy atom. The summed E-state index contributed by atoms with van der Waals surface area (Å²) in [6, 6.07) is 12.6. The second-order valence-electron chi connectivity index (χ2n) is 3.79. The Balaban J connectivity index is 0.000000171. The fourth-order valence-corrected chi connectivity index (χ4v) is 1.83. The molecule has 0 unspecified atom stereocenters. The van der Waals surface area contributed by atoms with E-state index in [9.17, 15) is 0 Å². The molecule has 0 heterocycles. The monoisotopic (exact) mass is 340 g/mol. The van der Waals surface area contributed by atoms with Crippen molar-refractivity contribution >= 4 is 22.6 Å². The summed E-state index contributed by atoms with van der Waals surface area (Å²) in [6.45, 7) is 3.99. The van der Waals surface area contributed by atoms with Crippen LogP contribution < -0.4 is 0 Å². The van der Waals surface area contributed by atoms with Crippen LogP contribution in [0.25, 0.3) is 0 Å². The lowest BCUT2D eigenvalue weighted by Gasteiger charge is -1.95. The van der Waals surface area contributed by atoms with Gasteiger partial charge in [0.15, 0.2) is 0 Å². The van der Waals surface area contributed by atoms with Gasteiger partial charge in [-0.2, -0.15) is 0 Å². The van der Waals surface area contributed by atoms with Crippen LogP contribution in [0, 0.1) is 17.4 Å². The van der Waals surface area contributed by atoms with Crippen molar-refractivity contribution < 1.29 is 10.2 Å². The number of hydrogen-bond donors (Lipinski definition) is 2.